The van der Waals surface area contributed by atoms with Crippen LogP contribution in [0, 0.1) is 0 Å². The van der Waals surface area contributed by atoms with Gasteiger partial charge >= 0.3 is 0 Å². The fraction of sp³-hybridized carbons (Fsp3) is 0.263. The Labute approximate surface area is 162 Å². The lowest BCUT2D eigenvalue weighted by atomic mass is 10.2. The maximum absolute atomic E-state index is 11.9. The van der Waals surface area contributed by atoms with Gasteiger partial charge in [-0.3, -0.25) is 4.79 Å². The molecule has 7 heteroatoms. The second-order valence-corrected chi connectivity index (χ2v) is 6.59. The molecular weight excluding hydrogens is 372 g/mol. The number of hydrogen-bond acceptors (Lipinski definition) is 5. The predicted molar refractivity (Wildman–Crippen MR) is 107 cm³/mol. The molecule has 0 heterocycles. The van der Waals surface area contributed by atoms with E-state index < -0.39 is 0 Å². The summed E-state index contributed by atoms with van der Waals surface area (Å²) in [5.74, 6) is 1.43. The first-order chi connectivity index (χ1) is 12.6. The Hall–Kier alpha value is -2.18. The zero-order valence-corrected chi connectivity index (χ0v) is 16.3. The third-order valence-corrected chi connectivity index (χ3v) is 4.42. The predicted octanol–water partition coefficient (Wildman–Crippen LogP) is 4.38. The molecule has 0 saturated heterocycles. The first-order valence-corrected chi connectivity index (χ1v) is 9.58. The minimum atomic E-state index is -0.183. The van der Waals surface area contributed by atoms with Gasteiger partial charge < -0.3 is 9.47 Å². The number of hydrogen-bond donors (Lipinski definition) is 1. The molecule has 0 aliphatic carbocycles. The van der Waals surface area contributed by atoms with E-state index in [2.05, 4.69) is 10.5 Å². The van der Waals surface area contributed by atoms with Gasteiger partial charge in [-0.05, 0) is 61.9 Å². The summed E-state index contributed by atoms with van der Waals surface area (Å²) in [6.45, 7) is 4.94. The van der Waals surface area contributed by atoms with E-state index in [4.69, 9.17) is 21.1 Å². The van der Waals surface area contributed by atoms with Crippen LogP contribution in [0.15, 0.2) is 52.5 Å². The molecule has 0 fully saturated rings. The van der Waals surface area contributed by atoms with Crippen LogP contribution < -0.4 is 14.9 Å². The molecule has 2 aromatic rings. The average molecular weight is 393 g/mol. The van der Waals surface area contributed by atoms with Gasteiger partial charge in [0.1, 0.15) is 0 Å². The van der Waals surface area contributed by atoms with Gasteiger partial charge in [0.2, 0.25) is 5.91 Å². The van der Waals surface area contributed by atoms with Crippen LogP contribution in [0.4, 0.5) is 0 Å². The van der Waals surface area contributed by atoms with Gasteiger partial charge in [0, 0.05) is 9.92 Å². The van der Waals surface area contributed by atoms with Crippen molar-refractivity contribution in [2.75, 3.05) is 19.0 Å². The highest BCUT2D eigenvalue weighted by molar-refractivity contribution is 8.00. The zero-order valence-electron chi connectivity index (χ0n) is 14.7. The Balaban J connectivity index is 1.87. The molecule has 0 bridgehead atoms. The Morgan fingerprint density at radius 3 is 2.50 bits per heavy atom. The lowest BCUT2D eigenvalue weighted by molar-refractivity contribution is -0.118. The van der Waals surface area contributed by atoms with Crippen LogP contribution in [0.5, 0.6) is 11.5 Å². The molecule has 0 aromatic heterocycles. The lowest BCUT2D eigenvalue weighted by Crippen LogP contribution is -2.19. The highest BCUT2D eigenvalue weighted by Gasteiger charge is 2.05. The number of nitrogens with zero attached hydrogens (tertiary/aromatic N) is 1. The van der Waals surface area contributed by atoms with Crippen molar-refractivity contribution in [3.8, 4) is 11.5 Å². The minimum Gasteiger partial charge on any atom is -0.490 e. The summed E-state index contributed by atoms with van der Waals surface area (Å²) in [6, 6.07) is 12.8. The van der Waals surface area contributed by atoms with Gasteiger partial charge in [-0.15, -0.1) is 11.8 Å². The van der Waals surface area contributed by atoms with Gasteiger partial charge in [0.15, 0.2) is 11.5 Å². The van der Waals surface area contributed by atoms with E-state index in [1.807, 2.05) is 44.2 Å². The summed E-state index contributed by atoms with van der Waals surface area (Å²) in [5, 5.41) is 4.66. The number of nitrogens with one attached hydrogen (secondary N) is 1. The molecule has 2 rings (SSSR count). The van der Waals surface area contributed by atoms with Gasteiger partial charge in [-0.25, -0.2) is 5.43 Å². The van der Waals surface area contributed by atoms with Crippen LogP contribution in [0.1, 0.15) is 19.4 Å². The molecular formula is C19H21ClN2O3S. The molecule has 0 atom stereocenters. The molecule has 0 saturated carbocycles. The second kappa shape index (κ2) is 10.7. The van der Waals surface area contributed by atoms with Gasteiger partial charge in [-0.1, -0.05) is 11.6 Å². The molecule has 2 aromatic carbocycles. The van der Waals surface area contributed by atoms with Crippen molar-refractivity contribution in [3.05, 3.63) is 53.1 Å². The largest absolute Gasteiger partial charge is 0.490 e. The van der Waals surface area contributed by atoms with Crippen molar-refractivity contribution < 1.29 is 14.3 Å². The molecule has 0 unspecified atom stereocenters. The molecule has 26 heavy (non-hydrogen) atoms. The van der Waals surface area contributed by atoms with E-state index >= 15 is 0 Å². The number of carbonyl (C=O) groups excluding carboxylic acids is 1. The highest BCUT2D eigenvalue weighted by Crippen LogP contribution is 2.28. The van der Waals surface area contributed by atoms with Gasteiger partial charge in [0.05, 0.1) is 25.2 Å². The van der Waals surface area contributed by atoms with E-state index in [0.29, 0.717) is 29.7 Å². The van der Waals surface area contributed by atoms with Crippen LogP contribution in [0.2, 0.25) is 5.02 Å². The fourth-order valence-corrected chi connectivity index (χ4v) is 2.86. The molecule has 0 spiro atoms. The van der Waals surface area contributed by atoms with Crippen LogP contribution >= 0.6 is 23.4 Å². The molecule has 5 nitrogen and oxygen atoms in total. The summed E-state index contributed by atoms with van der Waals surface area (Å²) in [5.41, 5.74) is 3.32. The molecule has 0 aliphatic rings. The Morgan fingerprint density at radius 1 is 1.12 bits per heavy atom. The third-order valence-electron chi connectivity index (χ3n) is 3.15. The van der Waals surface area contributed by atoms with Crippen molar-refractivity contribution in [3.63, 3.8) is 0 Å². The number of hydrazone groups is 1. The Bertz CT molecular complexity index is 751. The highest BCUT2D eigenvalue weighted by atomic mass is 35.5. The normalized spacial score (nSPS) is 10.7. The standard InChI is InChI=1S/C19H21ClN2O3S/c1-3-24-17-10-5-14(11-18(17)25-4-2)12-21-22-19(23)13-26-16-8-6-15(20)7-9-16/h5-12H,3-4,13H2,1-2H3,(H,22,23)/b21-12-. The summed E-state index contributed by atoms with van der Waals surface area (Å²) < 4.78 is 11.1. The maximum atomic E-state index is 11.9. The summed E-state index contributed by atoms with van der Waals surface area (Å²) >= 11 is 7.25. The topological polar surface area (TPSA) is 59.9 Å². The second-order valence-electron chi connectivity index (χ2n) is 5.11. The number of ether oxygens (including phenoxy) is 2. The molecule has 138 valence electrons. The van der Waals surface area contributed by atoms with Crippen molar-refractivity contribution in [2.45, 2.75) is 18.7 Å². The van der Waals surface area contributed by atoms with Crippen LogP contribution in [-0.2, 0) is 4.79 Å². The number of amides is 1. The SMILES string of the molecule is CCOc1ccc(/C=N\NC(=O)CSc2ccc(Cl)cc2)cc1OCC. The van der Waals surface area contributed by atoms with Crippen molar-refractivity contribution in [2.24, 2.45) is 5.10 Å². The molecule has 0 radical (unpaired) electrons. The summed E-state index contributed by atoms with van der Waals surface area (Å²) in [4.78, 5) is 12.8. The lowest BCUT2D eigenvalue weighted by Gasteiger charge is -2.11. The van der Waals surface area contributed by atoms with E-state index in [0.717, 1.165) is 10.5 Å². The number of thioether (sulfide) groups is 1. The van der Waals surface area contributed by atoms with E-state index in [1.165, 1.54) is 11.8 Å². The van der Waals surface area contributed by atoms with Crippen molar-refractivity contribution >= 4 is 35.5 Å². The number of carbonyl (C=O) groups is 1. The van der Waals surface area contributed by atoms with Crippen LogP contribution in [0.25, 0.3) is 0 Å². The monoisotopic (exact) mass is 392 g/mol. The third kappa shape index (κ3) is 6.61. The molecule has 1 amide bonds. The maximum Gasteiger partial charge on any atom is 0.250 e. The van der Waals surface area contributed by atoms with Crippen LogP contribution in [0.3, 0.4) is 0 Å². The number of halogens is 1. The smallest absolute Gasteiger partial charge is 0.250 e. The Morgan fingerprint density at radius 2 is 1.81 bits per heavy atom. The summed E-state index contributed by atoms with van der Waals surface area (Å²) in [6.07, 6.45) is 1.57. The van der Waals surface area contributed by atoms with Crippen molar-refractivity contribution in [1.29, 1.82) is 0 Å². The first-order valence-electron chi connectivity index (χ1n) is 8.22. The molecule has 1 N–H and O–H groups in total. The van der Waals surface area contributed by atoms with E-state index in [-0.39, 0.29) is 11.7 Å². The minimum absolute atomic E-state index is 0.183. The fourth-order valence-electron chi connectivity index (χ4n) is 2.04. The van der Waals surface area contributed by atoms with Gasteiger partial charge in [-0.2, -0.15) is 5.10 Å². The zero-order chi connectivity index (χ0) is 18.8. The average Bonchev–Trinajstić information content (AvgIpc) is 2.64. The first kappa shape index (κ1) is 20.1. The quantitative estimate of drug-likeness (QED) is 0.391. The molecule has 0 aliphatic heterocycles. The van der Waals surface area contributed by atoms with Crippen LogP contribution in [-0.4, -0.2) is 31.1 Å². The number of rotatable bonds is 9. The van der Waals surface area contributed by atoms with Crippen molar-refractivity contribution in [1.82, 2.24) is 5.43 Å². The van der Waals surface area contributed by atoms with E-state index in [9.17, 15) is 4.79 Å². The summed E-state index contributed by atoms with van der Waals surface area (Å²) in [7, 11) is 0. The van der Waals surface area contributed by atoms with Gasteiger partial charge in [0.25, 0.3) is 0 Å². The Kier molecular flexibility index (Phi) is 8.31. The van der Waals surface area contributed by atoms with E-state index in [1.54, 1.807) is 18.3 Å². The number of benzene rings is 2.